The molecule has 0 aromatic heterocycles. The van der Waals surface area contributed by atoms with Crippen molar-refractivity contribution in [1.82, 2.24) is 4.90 Å². The SMILES string of the molecule is CNc1ccc(C(=O)N2CC(C)(C)OC(C)(C)C2)cc1. The normalized spacial score (nSPS) is 20.6. The Labute approximate surface area is 121 Å². The number of hydrogen-bond acceptors (Lipinski definition) is 3. The zero-order valence-electron chi connectivity index (χ0n) is 13.0. The van der Waals surface area contributed by atoms with E-state index in [0.29, 0.717) is 13.1 Å². The van der Waals surface area contributed by atoms with Gasteiger partial charge < -0.3 is 15.0 Å². The van der Waals surface area contributed by atoms with Crippen molar-refractivity contribution in [2.45, 2.75) is 38.9 Å². The van der Waals surface area contributed by atoms with Gasteiger partial charge >= 0.3 is 0 Å². The van der Waals surface area contributed by atoms with Crippen LogP contribution in [0.15, 0.2) is 24.3 Å². The molecule has 1 aliphatic rings. The fourth-order valence-electron chi connectivity index (χ4n) is 2.89. The second-order valence-corrected chi connectivity index (χ2v) is 6.61. The van der Waals surface area contributed by atoms with Crippen molar-refractivity contribution in [2.75, 3.05) is 25.5 Å². The third-order valence-corrected chi connectivity index (χ3v) is 3.40. The summed E-state index contributed by atoms with van der Waals surface area (Å²) >= 11 is 0. The third-order valence-electron chi connectivity index (χ3n) is 3.40. The Morgan fingerprint density at radius 2 is 1.60 bits per heavy atom. The number of rotatable bonds is 2. The molecule has 1 heterocycles. The number of hydrogen-bond donors (Lipinski definition) is 1. The van der Waals surface area contributed by atoms with E-state index < -0.39 is 0 Å². The van der Waals surface area contributed by atoms with E-state index in [9.17, 15) is 4.79 Å². The Morgan fingerprint density at radius 1 is 1.10 bits per heavy atom. The van der Waals surface area contributed by atoms with Crippen LogP contribution in [0.1, 0.15) is 38.1 Å². The lowest BCUT2D eigenvalue weighted by molar-refractivity contribution is -0.171. The molecule has 2 rings (SSSR count). The highest BCUT2D eigenvalue weighted by atomic mass is 16.5. The van der Waals surface area contributed by atoms with Crippen LogP contribution in [0.3, 0.4) is 0 Å². The van der Waals surface area contributed by atoms with Crippen molar-refractivity contribution in [1.29, 1.82) is 0 Å². The van der Waals surface area contributed by atoms with Crippen molar-refractivity contribution in [3.63, 3.8) is 0 Å². The van der Waals surface area contributed by atoms with Gasteiger partial charge in [-0.15, -0.1) is 0 Å². The average Bonchev–Trinajstić information content (AvgIpc) is 2.34. The number of nitrogens with zero attached hydrogens (tertiary/aromatic N) is 1. The highest BCUT2D eigenvalue weighted by Crippen LogP contribution is 2.29. The second kappa shape index (κ2) is 5.09. The Kier molecular flexibility index (Phi) is 3.78. The molecule has 0 radical (unpaired) electrons. The summed E-state index contributed by atoms with van der Waals surface area (Å²) in [6, 6.07) is 7.57. The van der Waals surface area contributed by atoms with Gasteiger partial charge in [0.1, 0.15) is 0 Å². The maximum atomic E-state index is 12.6. The molecule has 0 saturated carbocycles. The Hall–Kier alpha value is -1.55. The van der Waals surface area contributed by atoms with E-state index in [2.05, 4.69) is 5.32 Å². The molecule has 1 aliphatic heterocycles. The summed E-state index contributed by atoms with van der Waals surface area (Å²) in [7, 11) is 1.86. The molecule has 4 nitrogen and oxygen atoms in total. The lowest BCUT2D eigenvalue weighted by atomic mass is 9.98. The quantitative estimate of drug-likeness (QED) is 0.903. The predicted molar refractivity (Wildman–Crippen MR) is 81.1 cm³/mol. The Bertz CT molecular complexity index is 476. The first kappa shape index (κ1) is 14.9. The van der Waals surface area contributed by atoms with Crippen LogP contribution < -0.4 is 5.32 Å². The molecule has 0 atom stereocenters. The molecule has 1 fully saturated rings. The number of morpholine rings is 1. The maximum absolute atomic E-state index is 12.6. The van der Waals surface area contributed by atoms with Crippen LogP contribution in [0.25, 0.3) is 0 Å². The van der Waals surface area contributed by atoms with Crippen molar-refractivity contribution in [3.05, 3.63) is 29.8 Å². The second-order valence-electron chi connectivity index (χ2n) is 6.61. The van der Waals surface area contributed by atoms with Crippen LogP contribution in [0.2, 0.25) is 0 Å². The number of carbonyl (C=O) groups is 1. The number of amides is 1. The summed E-state index contributed by atoms with van der Waals surface area (Å²) < 4.78 is 6.01. The van der Waals surface area contributed by atoms with Crippen LogP contribution in [0, 0.1) is 0 Å². The molecule has 0 unspecified atom stereocenters. The fourth-order valence-corrected chi connectivity index (χ4v) is 2.89. The van der Waals surface area contributed by atoms with Gasteiger partial charge in [-0.05, 0) is 52.0 Å². The van der Waals surface area contributed by atoms with E-state index in [1.54, 1.807) is 0 Å². The largest absolute Gasteiger partial charge is 0.388 e. The molecule has 1 amide bonds. The van der Waals surface area contributed by atoms with Gasteiger partial charge in [0, 0.05) is 31.4 Å². The van der Waals surface area contributed by atoms with Gasteiger partial charge in [-0.1, -0.05) is 0 Å². The van der Waals surface area contributed by atoms with E-state index >= 15 is 0 Å². The molecule has 0 aliphatic carbocycles. The molecule has 1 aromatic carbocycles. The standard InChI is InChI=1S/C16H24N2O2/c1-15(2)10-18(11-16(3,4)20-15)14(19)12-6-8-13(17-5)9-7-12/h6-9,17H,10-11H2,1-5H3. The van der Waals surface area contributed by atoms with E-state index in [4.69, 9.17) is 4.74 Å². The maximum Gasteiger partial charge on any atom is 0.254 e. The molecular weight excluding hydrogens is 252 g/mol. The van der Waals surface area contributed by atoms with Gasteiger partial charge in [0.2, 0.25) is 0 Å². The summed E-state index contributed by atoms with van der Waals surface area (Å²) in [5, 5.41) is 3.05. The molecule has 0 bridgehead atoms. The van der Waals surface area contributed by atoms with Crippen molar-refractivity contribution in [3.8, 4) is 0 Å². The zero-order valence-corrected chi connectivity index (χ0v) is 13.0. The first-order valence-electron chi connectivity index (χ1n) is 7.00. The summed E-state index contributed by atoms with van der Waals surface area (Å²) in [6.45, 7) is 9.33. The first-order valence-corrected chi connectivity index (χ1v) is 7.00. The monoisotopic (exact) mass is 276 g/mol. The fraction of sp³-hybridized carbons (Fsp3) is 0.562. The zero-order chi connectivity index (χ0) is 15.0. The smallest absolute Gasteiger partial charge is 0.254 e. The summed E-state index contributed by atoms with van der Waals surface area (Å²) in [4.78, 5) is 14.5. The number of benzene rings is 1. The predicted octanol–water partition coefficient (Wildman–Crippen LogP) is 2.76. The van der Waals surface area contributed by atoms with E-state index in [0.717, 1.165) is 11.3 Å². The van der Waals surface area contributed by atoms with Gasteiger partial charge in [-0.2, -0.15) is 0 Å². The van der Waals surface area contributed by atoms with Crippen molar-refractivity contribution in [2.24, 2.45) is 0 Å². The Balaban J connectivity index is 2.19. The van der Waals surface area contributed by atoms with E-state index in [1.807, 2.05) is 63.9 Å². The molecule has 1 saturated heterocycles. The number of carbonyl (C=O) groups excluding carboxylic acids is 1. The number of nitrogens with one attached hydrogen (secondary N) is 1. The minimum atomic E-state index is -0.317. The number of anilines is 1. The number of ether oxygens (including phenoxy) is 1. The molecule has 4 heteroatoms. The summed E-state index contributed by atoms with van der Waals surface area (Å²) in [5.41, 5.74) is 1.09. The topological polar surface area (TPSA) is 41.6 Å². The van der Waals surface area contributed by atoms with Crippen molar-refractivity contribution < 1.29 is 9.53 Å². The van der Waals surface area contributed by atoms with Gasteiger partial charge in [0.05, 0.1) is 11.2 Å². The van der Waals surface area contributed by atoms with Gasteiger partial charge in [-0.3, -0.25) is 4.79 Å². The van der Waals surface area contributed by atoms with Crippen LogP contribution in [-0.2, 0) is 4.74 Å². The lowest BCUT2D eigenvalue weighted by Gasteiger charge is -2.47. The van der Waals surface area contributed by atoms with Gasteiger partial charge in [0.25, 0.3) is 5.91 Å². The van der Waals surface area contributed by atoms with Crippen LogP contribution in [-0.4, -0.2) is 42.1 Å². The molecule has 0 spiro atoms. The highest BCUT2D eigenvalue weighted by Gasteiger charge is 2.40. The van der Waals surface area contributed by atoms with Gasteiger partial charge in [-0.25, -0.2) is 0 Å². The van der Waals surface area contributed by atoms with Crippen LogP contribution in [0.5, 0.6) is 0 Å². The van der Waals surface area contributed by atoms with Crippen molar-refractivity contribution >= 4 is 11.6 Å². The highest BCUT2D eigenvalue weighted by molar-refractivity contribution is 5.94. The molecule has 1 N–H and O–H groups in total. The minimum absolute atomic E-state index is 0.0668. The van der Waals surface area contributed by atoms with Crippen LogP contribution >= 0.6 is 0 Å². The average molecular weight is 276 g/mol. The molecule has 1 aromatic rings. The minimum Gasteiger partial charge on any atom is -0.388 e. The van der Waals surface area contributed by atoms with Gasteiger partial charge in [0.15, 0.2) is 0 Å². The molecular formula is C16H24N2O2. The molecule has 20 heavy (non-hydrogen) atoms. The summed E-state index contributed by atoms with van der Waals surface area (Å²) in [6.07, 6.45) is 0. The first-order chi connectivity index (χ1) is 9.22. The molecule has 110 valence electrons. The van der Waals surface area contributed by atoms with E-state index in [1.165, 1.54) is 0 Å². The third kappa shape index (κ3) is 3.31. The lowest BCUT2D eigenvalue weighted by Crippen LogP contribution is -2.58. The Morgan fingerprint density at radius 3 is 2.05 bits per heavy atom. The van der Waals surface area contributed by atoms with Crippen LogP contribution in [0.4, 0.5) is 5.69 Å². The van der Waals surface area contributed by atoms with E-state index in [-0.39, 0.29) is 17.1 Å². The summed E-state index contributed by atoms with van der Waals surface area (Å²) in [5.74, 6) is 0.0668.